The Balaban J connectivity index is 1.58. The minimum absolute atomic E-state index is 0.0308. The largest absolute Gasteiger partial charge is 0.360 e. The van der Waals surface area contributed by atoms with Crippen LogP contribution >= 0.6 is 0 Å². The molecular formula is C17H22N4O4S. The van der Waals surface area contributed by atoms with Gasteiger partial charge in [-0.1, -0.05) is 11.2 Å². The number of pyridine rings is 1. The van der Waals surface area contributed by atoms with Gasteiger partial charge in [-0.15, -0.1) is 0 Å². The van der Waals surface area contributed by atoms with Crippen molar-refractivity contribution in [3.05, 3.63) is 41.5 Å². The zero-order valence-electron chi connectivity index (χ0n) is 14.9. The summed E-state index contributed by atoms with van der Waals surface area (Å²) in [6, 6.07) is 3.78. The Hall–Kier alpha value is -2.26. The van der Waals surface area contributed by atoms with Crippen molar-refractivity contribution in [3.63, 3.8) is 0 Å². The van der Waals surface area contributed by atoms with Crippen LogP contribution in [0.5, 0.6) is 0 Å². The average molecular weight is 378 g/mol. The first-order valence-corrected chi connectivity index (χ1v) is 9.93. The Labute approximate surface area is 152 Å². The van der Waals surface area contributed by atoms with Crippen LogP contribution in [-0.2, 0) is 21.2 Å². The maximum Gasteiger partial charge on any atom is 0.248 e. The van der Waals surface area contributed by atoms with E-state index in [2.05, 4.69) is 10.1 Å². The fourth-order valence-corrected chi connectivity index (χ4v) is 4.82. The zero-order valence-corrected chi connectivity index (χ0v) is 15.7. The molecule has 1 amide bonds. The smallest absolute Gasteiger partial charge is 0.248 e. The third-order valence-corrected chi connectivity index (χ3v) is 6.65. The van der Waals surface area contributed by atoms with Gasteiger partial charge in [-0.3, -0.25) is 9.78 Å². The van der Waals surface area contributed by atoms with Crippen LogP contribution in [0.3, 0.4) is 0 Å². The monoisotopic (exact) mass is 378 g/mol. The number of hydrogen-bond donors (Lipinski definition) is 0. The molecule has 9 heteroatoms. The third-order valence-electron chi connectivity index (χ3n) is 4.51. The van der Waals surface area contributed by atoms with E-state index in [-0.39, 0.29) is 29.7 Å². The Bertz CT molecular complexity index is 852. The number of aromatic nitrogens is 2. The molecular weight excluding hydrogens is 356 g/mol. The van der Waals surface area contributed by atoms with E-state index in [0.717, 1.165) is 5.56 Å². The fourth-order valence-electron chi connectivity index (χ4n) is 3.11. The molecule has 0 spiro atoms. The molecule has 0 aromatic carbocycles. The molecule has 0 unspecified atom stereocenters. The third kappa shape index (κ3) is 3.78. The van der Waals surface area contributed by atoms with Crippen LogP contribution in [0.1, 0.15) is 23.4 Å². The number of nitrogens with zero attached hydrogens (tertiary/aromatic N) is 4. The van der Waals surface area contributed by atoms with Crippen molar-refractivity contribution >= 4 is 15.9 Å². The van der Waals surface area contributed by atoms with Crippen LogP contribution in [0.25, 0.3) is 0 Å². The molecule has 0 radical (unpaired) electrons. The second-order valence-corrected chi connectivity index (χ2v) is 8.17. The summed E-state index contributed by atoms with van der Waals surface area (Å²) in [6.45, 7) is 4.51. The van der Waals surface area contributed by atoms with Crippen molar-refractivity contribution in [3.8, 4) is 0 Å². The minimum atomic E-state index is -3.65. The topological polar surface area (TPSA) is 96.6 Å². The van der Waals surface area contributed by atoms with Crippen LogP contribution in [-0.4, -0.2) is 59.8 Å². The number of aryl methyl sites for hydroxylation is 3. The molecule has 140 valence electrons. The summed E-state index contributed by atoms with van der Waals surface area (Å²) in [6.07, 6.45) is 4.47. The van der Waals surface area contributed by atoms with Gasteiger partial charge in [0.05, 0.1) is 0 Å². The lowest BCUT2D eigenvalue weighted by Crippen LogP contribution is -2.50. The highest BCUT2D eigenvalue weighted by Gasteiger charge is 2.34. The summed E-state index contributed by atoms with van der Waals surface area (Å²) in [7, 11) is -3.65. The molecule has 1 saturated heterocycles. The molecule has 3 rings (SSSR count). The molecule has 8 nitrogen and oxygen atoms in total. The molecule has 0 bridgehead atoms. The zero-order chi connectivity index (χ0) is 18.7. The Kier molecular flexibility index (Phi) is 5.38. The summed E-state index contributed by atoms with van der Waals surface area (Å²) in [4.78, 5) is 18.3. The lowest BCUT2D eigenvalue weighted by Gasteiger charge is -2.34. The van der Waals surface area contributed by atoms with E-state index in [0.29, 0.717) is 31.6 Å². The van der Waals surface area contributed by atoms with Crippen molar-refractivity contribution < 1.29 is 17.7 Å². The number of piperazine rings is 1. The second kappa shape index (κ2) is 7.55. The Morgan fingerprint density at radius 2 is 1.96 bits per heavy atom. The van der Waals surface area contributed by atoms with Crippen LogP contribution in [0.4, 0.5) is 0 Å². The molecule has 1 aliphatic heterocycles. The van der Waals surface area contributed by atoms with Gasteiger partial charge < -0.3 is 9.42 Å². The molecule has 2 aromatic rings. The predicted molar refractivity (Wildman–Crippen MR) is 93.9 cm³/mol. The molecule has 0 N–H and O–H groups in total. The van der Waals surface area contributed by atoms with Gasteiger partial charge >= 0.3 is 0 Å². The number of carbonyl (C=O) groups is 1. The molecule has 26 heavy (non-hydrogen) atoms. The van der Waals surface area contributed by atoms with Gasteiger partial charge in [0, 0.05) is 45.0 Å². The maximum absolute atomic E-state index is 12.8. The fraction of sp³-hybridized carbons (Fsp3) is 0.471. The number of carbonyl (C=O) groups excluding carboxylic acids is 1. The molecule has 3 heterocycles. The molecule has 1 aliphatic rings. The van der Waals surface area contributed by atoms with E-state index in [1.54, 1.807) is 31.1 Å². The van der Waals surface area contributed by atoms with Gasteiger partial charge in [-0.2, -0.15) is 4.31 Å². The Morgan fingerprint density at radius 3 is 2.54 bits per heavy atom. The summed E-state index contributed by atoms with van der Waals surface area (Å²) in [5.41, 5.74) is 1.37. The average Bonchev–Trinajstić information content (AvgIpc) is 2.99. The van der Waals surface area contributed by atoms with Crippen LogP contribution in [0, 0.1) is 13.8 Å². The van der Waals surface area contributed by atoms with Gasteiger partial charge in [0.25, 0.3) is 0 Å². The van der Waals surface area contributed by atoms with Crippen molar-refractivity contribution in [2.24, 2.45) is 0 Å². The number of hydrogen-bond acceptors (Lipinski definition) is 6. The van der Waals surface area contributed by atoms with E-state index >= 15 is 0 Å². The van der Waals surface area contributed by atoms with Crippen LogP contribution < -0.4 is 0 Å². The highest BCUT2D eigenvalue weighted by atomic mass is 32.2. The summed E-state index contributed by atoms with van der Waals surface area (Å²) in [5, 5.41) is 3.72. The quantitative estimate of drug-likeness (QED) is 0.774. The minimum Gasteiger partial charge on any atom is -0.360 e. The van der Waals surface area contributed by atoms with E-state index < -0.39 is 10.0 Å². The van der Waals surface area contributed by atoms with Crippen molar-refractivity contribution in [2.45, 2.75) is 31.6 Å². The first-order chi connectivity index (χ1) is 12.4. The van der Waals surface area contributed by atoms with Gasteiger partial charge in [0.2, 0.25) is 15.9 Å². The SMILES string of the molecule is Cc1noc(C)c1S(=O)(=O)N1CCN(C(=O)CCc2cccnc2)CC1. The summed E-state index contributed by atoms with van der Waals surface area (Å²) in [5.74, 6) is 0.320. The summed E-state index contributed by atoms with van der Waals surface area (Å²) >= 11 is 0. The molecule has 1 fully saturated rings. The molecule has 0 saturated carbocycles. The number of sulfonamides is 1. The highest BCUT2D eigenvalue weighted by molar-refractivity contribution is 7.89. The standard InChI is InChI=1S/C17H22N4O4S/c1-13-17(14(2)25-19-13)26(23,24)21-10-8-20(9-11-21)16(22)6-5-15-4-3-7-18-12-15/h3-4,7,12H,5-6,8-11H2,1-2H3. The first-order valence-electron chi connectivity index (χ1n) is 8.49. The highest BCUT2D eigenvalue weighted by Crippen LogP contribution is 2.24. The normalized spacial score (nSPS) is 16.0. The van der Waals surface area contributed by atoms with E-state index in [9.17, 15) is 13.2 Å². The van der Waals surface area contributed by atoms with E-state index in [1.807, 2.05) is 12.1 Å². The van der Waals surface area contributed by atoms with Gasteiger partial charge in [0.15, 0.2) is 5.76 Å². The van der Waals surface area contributed by atoms with E-state index in [1.165, 1.54) is 4.31 Å². The van der Waals surface area contributed by atoms with Crippen LogP contribution in [0.15, 0.2) is 33.9 Å². The molecule has 0 aliphatic carbocycles. The first kappa shape index (κ1) is 18.5. The maximum atomic E-state index is 12.8. The van der Waals surface area contributed by atoms with Gasteiger partial charge in [0.1, 0.15) is 10.6 Å². The lowest BCUT2D eigenvalue weighted by atomic mass is 10.1. The molecule has 2 aromatic heterocycles. The van der Waals surface area contributed by atoms with Crippen molar-refractivity contribution in [1.29, 1.82) is 0 Å². The lowest BCUT2D eigenvalue weighted by molar-refractivity contribution is -0.132. The predicted octanol–water partition coefficient (Wildman–Crippen LogP) is 1.15. The summed E-state index contributed by atoms with van der Waals surface area (Å²) < 4.78 is 32.0. The number of amides is 1. The van der Waals surface area contributed by atoms with Crippen molar-refractivity contribution in [1.82, 2.24) is 19.3 Å². The Morgan fingerprint density at radius 1 is 1.23 bits per heavy atom. The van der Waals surface area contributed by atoms with Crippen molar-refractivity contribution in [2.75, 3.05) is 26.2 Å². The van der Waals surface area contributed by atoms with Crippen LogP contribution in [0.2, 0.25) is 0 Å². The van der Waals surface area contributed by atoms with Gasteiger partial charge in [-0.05, 0) is 31.9 Å². The van der Waals surface area contributed by atoms with Gasteiger partial charge in [-0.25, -0.2) is 8.42 Å². The van der Waals surface area contributed by atoms with E-state index in [4.69, 9.17) is 4.52 Å². The second-order valence-electron chi connectivity index (χ2n) is 6.30. The molecule has 0 atom stereocenters. The number of rotatable bonds is 5.